The number of aryl methyl sites for hydroxylation is 1. The van der Waals surface area contributed by atoms with Crippen LogP contribution in [0.2, 0.25) is 0 Å². The van der Waals surface area contributed by atoms with Gasteiger partial charge in [-0.3, -0.25) is 9.59 Å². The number of carbonyl (C=O) groups is 1. The van der Waals surface area contributed by atoms with Crippen molar-refractivity contribution >= 4 is 5.91 Å². The van der Waals surface area contributed by atoms with Crippen LogP contribution >= 0.6 is 0 Å². The fraction of sp³-hybridized carbons (Fsp3) is 0.429. The molecule has 1 fully saturated rings. The van der Waals surface area contributed by atoms with E-state index in [0.717, 1.165) is 30.9 Å². The fourth-order valence-electron chi connectivity index (χ4n) is 3.35. The first kappa shape index (κ1) is 19.0. The van der Waals surface area contributed by atoms with Crippen LogP contribution in [0.3, 0.4) is 0 Å². The Labute approximate surface area is 159 Å². The Morgan fingerprint density at radius 2 is 2.04 bits per heavy atom. The number of methoxy groups -OCH3 is 1. The largest absolute Gasteiger partial charge is 0.497 e. The molecule has 0 bridgehead atoms. The number of benzene rings is 1. The SMILES string of the molecule is COc1cccc(OCC2CCCN(C(=O)CCn3ccccc3=O)C2)c1. The lowest BCUT2D eigenvalue weighted by molar-refractivity contribution is -0.133. The molecular formula is C21H26N2O4. The number of rotatable bonds is 7. The normalized spacial score (nSPS) is 16.8. The van der Waals surface area contributed by atoms with Crippen molar-refractivity contribution in [3.05, 3.63) is 59.0 Å². The van der Waals surface area contributed by atoms with Crippen LogP contribution in [0.5, 0.6) is 11.5 Å². The first-order valence-corrected chi connectivity index (χ1v) is 9.36. The lowest BCUT2D eigenvalue weighted by Crippen LogP contribution is -2.42. The molecule has 27 heavy (non-hydrogen) atoms. The van der Waals surface area contributed by atoms with E-state index in [4.69, 9.17) is 9.47 Å². The number of nitrogens with zero attached hydrogens (tertiary/aromatic N) is 2. The van der Waals surface area contributed by atoms with Gasteiger partial charge < -0.3 is 18.9 Å². The standard InChI is InChI=1S/C21H26N2O4/c1-26-18-7-4-8-19(14-18)27-16-17-6-5-12-23(15-17)21(25)10-13-22-11-3-2-9-20(22)24/h2-4,7-9,11,14,17H,5-6,10,12-13,15-16H2,1H3. The zero-order chi connectivity index (χ0) is 19.1. The molecule has 0 aliphatic carbocycles. The molecule has 6 nitrogen and oxygen atoms in total. The molecule has 1 aliphatic rings. The lowest BCUT2D eigenvalue weighted by Gasteiger charge is -2.32. The second-order valence-corrected chi connectivity index (χ2v) is 6.82. The summed E-state index contributed by atoms with van der Waals surface area (Å²) in [6.45, 7) is 2.47. The molecule has 1 amide bonds. The van der Waals surface area contributed by atoms with Crippen molar-refractivity contribution in [2.24, 2.45) is 5.92 Å². The molecule has 1 atom stereocenters. The predicted molar refractivity (Wildman–Crippen MR) is 103 cm³/mol. The van der Waals surface area contributed by atoms with Crippen molar-refractivity contribution in [3.8, 4) is 11.5 Å². The second kappa shape index (κ2) is 9.26. The van der Waals surface area contributed by atoms with E-state index in [9.17, 15) is 9.59 Å². The highest BCUT2D eigenvalue weighted by Gasteiger charge is 2.24. The van der Waals surface area contributed by atoms with Crippen LogP contribution in [0.4, 0.5) is 0 Å². The maximum absolute atomic E-state index is 12.5. The van der Waals surface area contributed by atoms with E-state index in [0.29, 0.717) is 32.0 Å². The maximum Gasteiger partial charge on any atom is 0.250 e. The summed E-state index contributed by atoms with van der Waals surface area (Å²) in [5.41, 5.74) is -0.0755. The van der Waals surface area contributed by atoms with Crippen molar-refractivity contribution in [3.63, 3.8) is 0 Å². The summed E-state index contributed by atoms with van der Waals surface area (Å²) in [4.78, 5) is 26.2. The molecule has 144 valence electrons. The van der Waals surface area contributed by atoms with Crippen molar-refractivity contribution in [1.29, 1.82) is 0 Å². The van der Waals surface area contributed by atoms with E-state index in [1.807, 2.05) is 29.2 Å². The van der Waals surface area contributed by atoms with Gasteiger partial charge in [0.25, 0.3) is 5.56 Å². The Bertz CT molecular complexity index is 818. The summed E-state index contributed by atoms with van der Waals surface area (Å²) in [5, 5.41) is 0. The number of piperidine rings is 1. The van der Waals surface area contributed by atoms with Crippen LogP contribution in [0.15, 0.2) is 53.5 Å². The summed E-state index contributed by atoms with van der Waals surface area (Å²) in [5.74, 6) is 1.95. The molecular weight excluding hydrogens is 344 g/mol. The van der Waals surface area contributed by atoms with Gasteiger partial charge in [0.2, 0.25) is 5.91 Å². The Balaban J connectivity index is 1.48. The first-order valence-electron chi connectivity index (χ1n) is 9.36. The van der Waals surface area contributed by atoms with Gasteiger partial charge in [0, 0.05) is 50.3 Å². The Kier molecular flexibility index (Phi) is 6.52. The van der Waals surface area contributed by atoms with Gasteiger partial charge in [-0.05, 0) is 31.0 Å². The minimum absolute atomic E-state index is 0.0755. The molecule has 0 N–H and O–H groups in total. The summed E-state index contributed by atoms with van der Waals surface area (Å²) in [6, 6.07) is 12.6. The number of aromatic nitrogens is 1. The number of amides is 1. The molecule has 3 rings (SSSR count). The van der Waals surface area contributed by atoms with E-state index in [1.54, 1.807) is 30.0 Å². The maximum atomic E-state index is 12.5. The van der Waals surface area contributed by atoms with Crippen LogP contribution in [-0.2, 0) is 11.3 Å². The minimum atomic E-state index is -0.0755. The molecule has 0 saturated carbocycles. The second-order valence-electron chi connectivity index (χ2n) is 6.82. The molecule has 0 spiro atoms. The van der Waals surface area contributed by atoms with Gasteiger partial charge in [0.1, 0.15) is 11.5 Å². The molecule has 1 aliphatic heterocycles. The number of ether oxygens (including phenoxy) is 2. The average molecular weight is 370 g/mol. The molecule has 2 heterocycles. The smallest absolute Gasteiger partial charge is 0.250 e. The third kappa shape index (κ3) is 5.36. The summed E-state index contributed by atoms with van der Waals surface area (Å²) >= 11 is 0. The highest BCUT2D eigenvalue weighted by atomic mass is 16.5. The van der Waals surface area contributed by atoms with Crippen molar-refractivity contribution in [2.75, 3.05) is 26.8 Å². The zero-order valence-corrected chi connectivity index (χ0v) is 15.7. The number of hydrogen-bond acceptors (Lipinski definition) is 4. The van der Waals surface area contributed by atoms with Gasteiger partial charge in [0.05, 0.1) is 13.7 Å². The topological polar surface area (TPSA) is 60.8 Å². The highest BCUT2D eigenvalue weighted by Crippen LogP contribution is 2.22. The number of pyridine rings is 1. The number of hydrogen-bond donors (Lipinski definition) is 0. The molecule has 1 aromatic heterocycles. The van der Waals surface area contributed by atoms with Gasteiger partial charge in [-0.15, -0.1) is 0 Å². The van der Waals surface area contributed by atoms with E-state index >= 15 is 0 Å². The molecule has 6 heteroatoms. The third-order valence-corrected chi connectivity index (χ3v) is 4.86. The van der Waals surface area contributed by atoms with Crippen LogP contribution in [-0.4, -0.2) is 42.2 Å². The van der Waals surface area contributed by atoms with Gasteiger partial charge in [0.15, 0.2) is 0 Å². The molecule has 0 radical (unpaired) electrons. The Morgan fingerprint density at radius 3 is 2.85 bits per heavy atom. The van der Waals surface area contributed by atoms with E-state index in [1.165, 1.54) is 6.07 Å². The zero-order valence-electron chi connectivity index (χ0n) is 15.7. The average Bonchev–Trinajstić information content (AvgIpc) is 2.72. The minimum Gasteiger partial charge on any atom is -0.497 e. The fourth-order valence-corrected chi connectivity index (χ4v) is 3.35. The predicted octanol–water partition coefficient (Wildman–Crippen LogP) is 2.56. The molecule has 1 unspecified atom stereocenters. The van der Waals surface area contributed by atoms with Crippen LogP contribution in [0, 0.1) is 5.92 Å². The van der Waals surface area contributed by atoms with Crippen LogP contribution in [0.25, 0.3) is 0 Å². The monoisotopic (exact) mass is 370 g/mol. The molecule has 2 aromatic rings. The summed E-state index contributed by atoms with van der Waals surface area (Å²) in [6.07, 6.45) is 4.08. The lowest BCUT2D eigenvalue weighted by atomic mass is 9.98. The first-order chi connectivity index (χ1) is 13.2. The van der Waals surface area contributed by atoms with Crippen LogP contribution in [0.1, 0.15) is 19.3 Å². The van der Waals surface area contributed by atoms with Gasteiger partial charge in [-0.1, -0.05) is 12.1 Å². The highest BCUT2D eigenvalue weighted by molar-refractivity contribution is 5.76. The molecule has 1 aromatic carbocycles. The summed E-state index contributed by atoms with van der Waals surface area (Å²) < 4.78 is 12.7. The third-order valence-electron chi connectivity index (χ3n) is 4.86. The van der Waals surface area contributed by atoms with E-state index < -0.39 is 0 Å². The number of carbonyl (C=O) groups excluding carboxylic acids is 1. The van der Waals surface area contributed by atoms with Gasteiger partial charge in [-0.25, -0.2) is 0 Å². The Hall–Kier alpha value is -2.76. The van der Waals surface area contributed by atoms with Crippen molar-refractivity contribution in [2.45, 2.75) is 25.8 Å². The molecule has 1 saturated heterocycles. The number of likely N-dealkylation sites (tertiary alicyclic amines) is 1. The van der Waals surface area contributed by atoms with E-state index in [-0.39, 0.29) is 11.5 Å². The van der Waals surface area contributed by atoms with Gasteiger partial charge in [-0.2, -0.15) is 0 Å². The van der Waals surface area contributed by atoms with Crippen molar-refractivity contribution in [1.82, 2.24) is 9.47 Å². The Morgan fingerprint density at radius 1 is 1.19 bits per heavy atom. The van der Waals surface area contributed by atoms with Crippen LogP contribution < -0.4 is 15.0 Å². The summed E-state index contributed by atoms with van der Waals surface area (Å²) in [7, 11) is 1.63. The van der Waals surface area contributed by atoms with Crippen molar-refractivity contribution < 1.29 is 14.3 Å². The quantitative estimate of drug-likeness (QED) is 0.752. The van der Waals surface area contributed by atoms with Gasteiger partial charge >= 0.3 is 0 Å². The van der Waals surface area contributed by atoms with E-state index in [2.05, 4.69) is 0 Å².